The number of halogens is 1. The van der Waals surface area contributed by atoms with Crippen molar-refractivity contribution in [3.8, 4) is 0 Å². The Morgan fingerprint density at radius 2 is 2.09 bits per heavy atom. The fourth-order valence-corrected chi connectivity index (χ4v) is 0.905. The van der Waals surface area contributed by atoms with Gasteiger partial charge in [0.05, 0.1) is 12.7 Å². The molecule has 0 saturated heterocycles. The predicted molar refractivity (Wildman–Crippen MR) is 49.0 cm³/mol. The number of alkyl halides is 1. The first kappa shape index (κ1) is 11.4. The molecule has 3 nitrogen and oxygen atoms in total. The smallest absolute Gasteiger partial charge is 0.0763 e. The lowest BCUT2D eigenvalue weighted by molar-refractivity contribution is 0.0987. The molecule has 0 aromatic heterocycles. The Balaban J connectivity index is 3.58. The normalized spacial score (nSPS) is 16.9. The largest absolute Gasteiger partial charge is 0.395 e. The van der Waals surface area contributed by atoms with Crippen LogP contribution in [-0.4, -0.2) is 52.8 Å². The summed E-state index contributed by atoms with van der Waals surface area (Å²) in [5, 5.41) is 18.5. The summed E-state index contributed by atoms with van der Waals surface area (Å²) in [4.78, 5) is 1.92. The molecule has 2 unspecified atom stereocenters. The highest BCUT2D eigenvalue weighted by Gasteiger charge is 2.11. The van der Waals surface area contributed by atoms with E-state index in [9.17, 15) is 5.11 Å². The summed E-state index contributed by atoms with van der Waals surface area (Å²) in [6, 6.07) is 0.115. The monoisotopic (exact) mass is 225 g/mol. The molecule has 2 atom stereocenters. The van der Waals surface area contributed by atoms with Crippen LogP contribution >= 0.6 is 15.9 Å². The molecule has 0 aromatic rings. The van der Waals surface area contributed by atoms with E-state index in [-0.39, 0.29) is 18.8 Å². The maximum atomic E-state index is 9.20. The van der Waals surface area contributed by atoms with E-state index in [0.717, 1.165) is 0 Å². The molecule has 0 heterocycles. The number of nitrogens with zero attached hydrogens (tertiary/aromatic N) is 1. The molecule has 0 rings (SSSR count). The van der Waals surface area contributed by atoms with Gasteiger partial charge in [-0.1, -0.05) is 15.9 Å². The zero-order chi connectivity index (χ0) is 8.85. The molecule has 0 bridgehead atoms. The molecule has 0 amide bonds. The maximum Gasteiger partial charge on any atom is 0.0763 e. The van der Waals surface area contributed by atoms with Gasteiger partial charge in [-0.05, 0) is 14.0 Å². The van der Waals surface area contributed by atoms with E-state index in [1.165, 1.54) is 0 Å². The lowest BCUT2D eigenvalue weighted by Gasteiger charge is -2.24. The molecular weight excluding hydrogens is 210 g/mol. The number of aliphatic hydroxyl groups is 2. The van der Waals surface area contributed by atoms with Gasteiger partial charge >= 0.3 is 0 Å². The Morgan fingerprint density at radius 3 is 2.45 bits per heavy atom. The molecule has 0 saturated carbocycles. The topological polar surface area (TPSA) is 43.7 Å². The predicted octanol–water partition coefficient (Wildman–Crippen LogP) is 0.0548. The molecular formula is C7H16BrNO2. The van der Waals surface area contributed by atoms with E-state index in [1.807, 2.05) is 18.9 Å². The first-order valence-electron chi connectivity index (χ1n) is 3.67. The molecule has 0 aliphatic heterocycles. The van der Waals surface area contributed by atoms with E-state index in [0.29, 0.717) is 11.9 Å². The molecule has 11 heavy (non-hydrogen) atoms. The molecule has 0 aliphatic carbocycles. The molecule has 0 radical (unpaired) electrons. The quantitative estimate of drug-likeness (QED) is 0.651. The van der Waals surface area contributed by atoms with Gasteiger partial charge in [-0.15, -0.1) is 0 Å². The Morgan fingerprint density at radius 1 is 1.55 bits per heavy atom. The van der Waals surface area contributed by atoms with E-state index in [4.69, 9.17) is 5.11 Å². The van der Waals surface area contributed by atoms with Crippen molar-refractivity contribution in [1.29, 1.82) is 0 Å². The first-order valence-corrected chi connectivity index (χ1v) is 4.79. The van der Waals surface area contributed by atoms with Crippen molar-refractivity contribution in [2.24, 2.45) is 0 Å². The second-order valence-corrected chi connectivity index (χ2v) is 3.43. The highest BCUT2D eigenvalue weighted by atomic mass is 79.9. The average Bonchev–Trinajstić information content (AvgIpc) is 2.02. The van der Waals surface area contributed by atoms with Crippen LogP contribution in [0.15, 0.2) is 0 Å². The van der Waals surface area contributed by atoms with Gasteiger partial charge in [0.25, 0.3) is 0 Å². The van der Waals surface area contributed by atoms with Gasteiger partial charge < -0.3 is 10.2 Å². The van der Waals surface area contributed by atoms with Crippen LogP contribution in [0.4, 0.5) is 0 Å². The van der Waals surface area contributed by atoms with Crippen LogP contribution in [0, 0.1) is 0 Å². The molecule has 4 heteroatoms. The van der Waals surface area contributed by atoms with E-state index < -0.39 is 0 Å². The van der Waals surface area contributed by atoms with Crippen LogP contribution in [0.5, 0.6) is 0 Å². The zero-order valence-corrected chi connectivity index (χ0v) is 8.58. The second kappa shape index (κ2) is 5.94. The standard InChI is InChI=1S/C7H16BrNO2/c1-6(5-10)9(2)4-7(11)3-8/h6-7,10-11H,3-5H2,1-2H3. The van der Waals surface area contributed by atoms with Gasteiger partial charge in [0, 0.05) is 17.9 Å². The second-order valence-electron chi connectivity index (χ2n) is 2.78. The maximum absolute atomic E-state index is 9.20. The number of hydrogen-bond donors (Lipinski definition) is 2. The van der Waals surface area contributed by atoms with Crippen molar-refractivity contribution in [3.63, 3.8) is 0 Å². The lowest BCUT2D eigenvalue weighted by Crippen LogP contribution is -2.38. The summed E-state index contributed by atoms with van der Waals surface area (Å²) >= 11 is 3.18. The van der Waals surface area contributed by atoms with Gasteiger partial charge in [0.2, 0.25) is 0 Å². The van der Waals surface area contributed by atoms with Crippen LogP contribution in [0.25, 0.3) is 0 Å². The zero-order valence-electron chi connectivity index (χ0n) is 7.00. The van der Waals surface area contributed by atoms with Crippen molar-refractivity contribution in [3.05, 3.63) is 0 Å². The third-order valence-corrected chi connectivity index (χ3v) is 2.44. The third-order valence-electron chi connectivity index (χ3n) is 1.69. The summed E-state index contributed by atoms with van der Waals surface area (Å²) in [7, 11) is 1.88. The summed E-state index contributed by atoms with van der Waals surface area (Å²) < 4.78 is 0. The van der Waals surface area contributed by atoms with Crippen molar-refractivity contribution in [2.75, 3.05) is 25.5 Å². The lowest BCUT2D eigenvalue weighted by atomic mass is 10.3. The molecule has 0 aliphatic rings. The van der Waals surface area contributed by atoms with E-state index >= 15 is 0 Å². The van der Waals surface area contributed by atoms with Crippen LogP contribution in [0.3, 0.4) is 0 Å². The van der Waals surface area contributed by atoms with Gasteiger partial charge in [-0.25, -0.2) is 0 Å². The molecule has 0 aromatic carbocycles. The minimum atomic E-state index is -0.353. The van der Waals surface area contributed by atoms with Crippen LogP contribution < -0.4 is 0 Å². The Kier molecular flexibility index (Phi) is 6.14. The van der Waals surface area contributed by atoms with Crippen LogP contribution in [0.2, 0.25) is 0 Å². The summed E-state index contributed by atoms with van der Waals surface area (Å²) in [6.45, 7) is 2.64. The number of aliphatic hydroxyl groups excluding tert-OH is 2. The van der Waals surface area contributed by atoms with Crippen molar-refractivity contribution in [1.82, 2.24) is 4.90 Å². The number of likely N-dealkylation sites (N-methyl/N-ethyl adjacent to an activating group) is 1. The van der Waals surface area contributed by atoms with Gasteiger partial charge in [0.15, 0.2) is 0 Å². The molecule has 0 fully saturated rings. The summed E-state index contributed by atoms with van der Waals surface area (Å²) in [5.74, 6) is 0. The van der Waals surface area contributed by atoms with Gasteiger partial charge in [0.1, 0.15) is 0 Å². The fourth-order valence-electron chi connectivity index (χ4n) is 0.701. The summed E-state index contributed by atoms with van der Waals surface area (Å²) in [5.41, 5.74) is 0. The van der Waals surface area contributed by atoms with Crippen molar-refractivity contribution >= 4 is 15.9 Å². The van der Waals surface area contributed by atoms with E-state index in [1.54, 1.807) is 0 Å². The van der Waals surface area contributed by atoms with E-state index in [2.05, 4.69) is 15.9 Å². The highest BCUT2D eigenvalue weighted by molar-refractivity contribution is 9.09. The Hall–Kier alpha value is 0.360. The summed E-state index contributed by atoms with van der Waals surface area (Å²) in [6.07, 6.45) is -0.353. The Labute approximate surface area is 76.1 Å². The van der Waals surface area contributed by atoms with Gasteiger partial charge in [-0.3, -0.25) is 4.90 Å². The first-order chi connectivity index (χ1) is 5.11. The third kappa shape index (κ3) is 4.74. The number of rotatable bonds is 5. The average molecular weight is 226 g/mol. The fraction of sp³-hybridized carbons (Fsp3) is 1.00. The van der Waals surface area contributed by atoms with Crippen molar-refractivity contribution < 1.29 is 10.2 Å². The van der Waals surface area contributed by atoms with Crippen LogP contribution in [-0.2, 0) is 0 Å². The molecule has 0 spiro atoms. The minimum Gasteiger partial charge on any atom is -0.395 e. The SMILES string of the molecule is CC(CO)N(C)CC(O)CBr. The van der Waals surface area contributed by atoms with Crippen LogP contribution in [0.1, 0.15) is 6.92 Å². The highest BCUT2D eigenvalue weighted by Crippen LogP contribution is 1.98. The van der Waals surface area contributed by atoms with Gasteiger partial charge in [-0.2, -0.15) is 0 Å². The van der Waals surface area contributed by atoms with Crippen molar-refractivity contribution in [2.45, 2.75) is 19.1 Å². The Bertz CT molecular complexity index is 102. The molecule has 2 N–H and O–H groups in total. The molecule has 68 valence electrons. The minimum absolute atomic E-state index is 0.115. The number of hydrogen-bond acceptors (Lipinski definition) is 3.